The molecule has 0 unspecified atom stereocenters. The molecule has 0 atom stereocenters. The van der Waals surface area contributed by atoms with Gasteiger partial charge in [0.05, 0.1) is 27.6 Å². The van der Waals surface area contributed by atoms with Crippen LogP contribution in [0, 0.1) is 0 Å². The minimum Gasteiger partial charge on any atom is -0.306 e. The molecule has 0 saturated carbocycles. The predicted molar refractivity (Wildman–Crippen MR) is 116 cm³/mol. The molecule has 11 heteroatoms. The lowest BCUT2D eigenvalue weighted by Crippen LogP contribution is -2.28. The van der Waals surface area contributed by atoms with E-state index in [1.807, 2.05) is 20.8 Å². The fourth-order valence-corrected chi connectivity index (χ4v) is 6.90. The first-order valence-corrected chi connectivity index (χ1v) is 13.4. The number of nitrogens with one attached hydrogen (secondary N) is 1. The Kier molecular flexibility index (Phi) is 5.26. The highest BCUT2D eigenvalue weighted by Crippen LogP contribution is 2.34. The summed E-state index contributed by atoms with van der Waals surface area (Å²) >= 11 is 0. The van der Waals surface area contributed by atoms with Gasteiger partial charge in [0, 0.05) is 24.2 Å². The molecular formula is C20H26N4O5S2. The second-order valence-electron chi connectivity index (χ2n) is 8.98. The molecule has 4 rings (SSSR count). The van der Waals surface area contributed by atoms with Crippen LogP contribution in [0.4, 0.5) is 5.82 Å². The molecule has 0 radical (unpaired) electrons. The molecule has 9 nitrogen and oxygen atoms in total. The lowest BCUT2D eigenvalue weighted by atomic mass is 10.1. The van der Waals surface area contributed by atoms with Gasteiger partial charge in [-0.05, 0) is 57.9 Å². The number of sulfone groups is 1. The molecule has 0 bridgehead atoms. The smallest absolute Gasteiger partial charge is 0.256 e. The topological polar surface area (TPSA) is 118 Å². The summed E-state index contributed by atoms with van der Waals surface area (Å²) in [6.45, 7) is 6.76. The van der Waals surface area contributed by atoms with Crippen LogP contribution < -0.4 is 5.32 Å². The lowest BCUT2D eigenvalue weighted by Gasteiger charge is -2.23. The van der Waals surface area contributed by atoms with Crippen LogP contribution in [0.25, 0.3) is 0 Å². The Balaban J connectivity index is 1.61. The normalized spacial score (nSPS) is 18.8. The van der Waals surface area contributed by atoms with Crippen molar-refractivity contribution in [2.75, 3.05) is 18.4 Å². The van der Waals surface area contributed by atoms with Gasteiger partial charge in [0.15, 0.2) is 9.84 Å². The summed E-state index contributed by atoms with van der Waals surface area (Å²) in [6, 6.07) is 5.79. The van der Waals surface area contributed by atoms with Crippen molar-refractivity contribution in [2.24, 2.45) is 0 Å². The number of rotatable bonds is 4. The van der Waals surface area contributed by atoms with E-state index in [9.17, 15) is 21.6 Å². The fraction of sp³-hybridized carbons (Fsp3) is 0.500. The zero-order valence-corrected chi connectivity index (χ0v) is 19.4. The minimum absolute atomic E-state index is 0.142. The quantitative estimate of drug-likeness (QED) is 0.737. The van der Waals surface area contributed by atoms with E-state index < -0.39 is 31.3 Å². The van der Waals surface area contributed by atoms with Gasteiger partial charge < -0.3 is 5.32 Å². The number of sulfonamides is 1. The number of hydrogen-bond acceptors (Lipinski definition) is 6. The van der Waals surface area contributed by atoms with E-state index in [1.165, 1.54) is 28.6 Å². The Hall–Kier alpha value is -2.24. The van der Waals surface area contributed by atoms with Gasteiger partial charge in [0.25, 0.3) is 5.91 Å². The highest BCUT2D eigenvalue weighted by Gasteiger charge is 2.35. The van der Waals surface area contributed by atoms with Crippen LogP contribution in [0.15, 0.2) is 29.2 Å². The Morgan fingerprint density at radius 3 is 2.26 bits per heavy atom. The van der Waals surface area contributed by atoms with Crippen LogP contribution in [0.2, 0.25) is 0 Å². The van der Waals surface area contributed by atoms with Gasteiger partial charge in [0.1, 0.15) is 5.82 Å². The number of anilines is 1. The summed E-state index contributed by atoms with van der Waals surface area (Å²) in [4.78, 5) is 13.1. The highest BCUT2D eigenvalue weighted by molar-refractivity contribution is 7.90. The third-order valence-electron chi connectivity index (χ3n) is 5.47. The van der Waals surface area contributed by atoms with Crippen LogP contribution in [-0.2, 0) is 36.9 Å². The van der Waals surface area contributed by atoms with E-state index >= 15 is 0 Å². The highest BCUT2D eigenvalue weighted by atomic mass is 32.2. The van der Waals surface area contributed by atoms with Gasteiger partial charge >= 0.3 is 0 Å². The maximum Gasteiger partial charge on any atom is 0.256 e. The van der Waals surface area contributed by atoms with Crippen molar-refractivity contribution in [1.82, 2.24) is 14.1 Å². The van der Waals surface area contributed by atoms with Gasteiger partial charge in [-0.2, -0.15) is 9.40 Å². The number of carbonyl (C=O) groups excluding carboxylic acids is 1. The lowest BCUT2D eigenvalue weighted by molar-refractivity contribution is 0.102. The minimum atomic E-state index is -3.56. The zero-order chi connectivity index (χ0) is 22.6. The Morgan fingerprint density at radius 1 is 1.06 bits per heavy atom. The van der Waals surface area contributed by atoms with Gasteiger partial charge in [-0.1, -0.05) is 0 Å². The summed E-state index contributed by atoms with van der Waals surface area (Å²) in [5.41, 5.74) is 0.773. The van der Waals surface area contributed by atoms with E-state index in [0.29, 0.717) is 30.2 Å². The third-order valence-corrected chi connectivity index (χ3v) is 8.83. The average Bonchev–Trinajstić information content (AvgIpc) is 3.38. The van der Waals surface area contributed by atoms with Crippen molar-refractivity contribution >= 4 is 31.6 Å². The summed E-state index contributed by atoms with van der Waals surface area (Å²) in [6.07, 6.45) is 1.70. The van der Waals surface area contributed by atoms with Gasteiger partial charge in [-0.15, -0.1) is 0 Å². The van der Waals surface area contributed by atoms with E-state index in [0.717, 1.165) is 12.8 Å². The van der Waals surface area contributed by atoms with E-state index in [1.54, 1.807) is 4.68 Å². The summed E-state index contributed by atoms with van der Waals surface area (Å²) in [7, 11) is -6.83. The predicted octanol–water partition coefficient (Wildman–Crippen LogP) is 2.10. The van der Waals surface area contributed by atoms with Crippen molar-refractivity contribution in [1.29, 1.82) is 0 Å². The zero-order valence-electron chi connectivity index (χ0n) is 17.8. The molecule has 31 heavy (non-hydrogen) atoms. The van der Waals surface area contributed by atoms with Crippen molar-refractivity contribution in [3.8, 4) is 0 Å². The molecule has 2 aromatic rings. The standard InChI is InChI=1S/C20H26N4O5S2/c1-20(2,3)24-18(16-12-30(26,27)13-17(16)22-24)21-19(25)14-6-8-15(9-7-14)31(28,29)23-10-4-5-11-23/h6-9H,4-5,10-13H2,1-3H3,(H,21,25). The maximum atomic E-state index is 12.9. The van der Waals surface area contributed by atoms with Crippen LogP contribution >= 0.6 is 0 Å². The van der Waals surface area contributed by atoms with Crippen molar-refractivity contribution in [3.63, 3.8) is 0 Å². The number of nitrogens with zero attached hydrogens (tertiary/aromatic N) is 3. The number of fused-ring (bicyclic) bond motifs is 1. The number of carbonyl (C=O) groups is 1. The molecule has 2 aliphatic heterocycles. The second kappa shape index (κ2) is 7.42. The largest absolute Gasteiger partial charge is 0.306 e. The second-order valence-corrected chi connectivity index (χ2v) is 13.0. The SMILES string of the molecule is CC(C)(C)n1nc2c(c1NC(=O)c1ccc(S(=O)(=O)N3CCCC3)cc1)CS(=O)(=O)C2. The number of aromatic nitrogens is 2. The molecule has 1 amide bonds. The van der Waals surface area contributed by atoms with Gasteiger partial charge in [-0.25, -0.2) is 21.5 Å². The number of benzene rings is 1. The van der Waals surface area contributed by atoms with Crippen molar-refractivity contribution in [2.45, 2.75) is 55.6 Å². The first kappa shape index (κ1) is 22.0. The van der Waals surface area contributed by atoms with E-state index in [-0.39, 0.29) is 22.0 Å². The molecule has 0 aliphatic carbocycles. The van der Waals surface area contributed by atoms with E-state index in [4.69, 9.17) is 0 Å². The van der Waals surface area contributed by atoms with E-state index in [2.05, 4.69) is 10.4 Å². The van der Waals surface area contributed by atoms with Crippen LogP contribution in [-0.4, -0.2) is 49.9 Å². The van der Waals surface area contributed by atoms with Crippen molar-refractivity contribution < 1.29 is 21.6 Å². The molecule has 3 heterocycles. The summed E-state index contributed by atoms with van der Waals surface area (Å²) in [5, 5.41) is 7.23. The molecule has 1 aromatic heterocycles. The molecule has 1 fully saturated rings. The molecular weight excluding hydrogens is 440 g/mol. The maximum absolute atomic E-state index is 12.9. The third kappa shape index (κ3) is 4.13. The first-order valence-electron chi connectivity index (χ1n) is 10.1. The molecule has 0 spiro atoms. The summed E-state index contributed by atoms with van der Waals surface area (Å²) in [5.74, 6) is -0.400. The van der Waals surface area contributed by atoms with Crippen LogP contribution in [0.1, 0.15) is 55.2 Å². The molecule has 1 N–H and O–H groups in total. The van der Waals surface area contributed by atoms with Gasteiger partial charge in [-0.3, -0.25) is 4.79 Å². The Morgan fingerprint density at radius 2 is 1.68 bits per heavy atom. The number of amides is 1. The van der Waals surface area contributed by atoms with Crippen LogP contribution in [0.3, 0.4) is 0 Å². The Bertz CT molecular complexity index is 1230. The van der Waals surface area contributed by atoms with Gasteiger partial charge in [0.2, 0.25) is 10.0 Å². The first-order chi connectivity index (χ1) is 14.4. The summed E-state index contributed by atoms with van der Waals surface area (Å²) < 4.78 is 52.5. The monoisotopic (exact) mass is 466 g/mol. The Labute approximate surface area is 182 Å². The average molecular weight is 467 g/mol. The van der Waals surface area contributed by atoms with Crippen LogP contribution in [0.5, 0.6) is 0 Å². The molecule has 2 aliphatic rings. The van der Waals surface area contributed by atoms with Crippen molar-refractivity contribution in [3.05, 3.63) is 41.1 Å². The molecule has 1 aromatic carbocycles. The molecule has 168 valence electrons. The number of hydrogen-bond donors (Lipinski definition) is 1. The fourth-order valence-electron chi connectivity index (χ4n) is 3.89. The molecule has 1 saturated heterocycles.